The number of hydrogen-bond donors (Lipinski definition) is 1. The minimum Gasteiger partial charge on any atom is -0.478 e. The topological polar surface area (TPSA) is 76.1 Å². The van der Waals surface area contributed by atoms with Crippen LogP contribution in [0.15, 0.2) is 24.3 Å². The van der Waals surface area contributed by atoms with Gasteiger partial charge in [-0.15, -0.1) is 0 Å². The summed E-state index contributed by atoms with van der Waals surface area (Å²) < 4.78 is 10.8. The summed E-state index contributed by atoms with van der Waals surface area (Å²) in [6.45, 7) is 2.75. The minimum atomic E-state index is -0.882. The van der Waals surface area contributed by atoms with E-state index in [1.54, 1.807) is 12.1 Å². The largest absolute Gasteiger partial charge is 0.478 e. The SMILES string of the molecule is O=C(O)c1ccccc1CC1CCN(C(=O)C2COCCO2)CC1. The lowest BCUT2D eigenvalue weighted by molar-refractivity contribution is -0.159. The van der Waals surface area contributed by atoms with Gasteiger partial charge in [-0.05, 0) is 36.8 Å². The van der Waals surface area contributed by atoms with Gasteiger partial charge in [0.1, 0.15) is 0 Å². The highest BCUT2D eigenvalue weighted by molar-refractivity contribution is 5.89. The molecule has 2 fully saturated rings. The summed E-state index contributed by atoms with van der Waals surface area (Å²) in [6, 6.07) is 7.16. The van der Waals surface area contributed by atoms with E-state index in [1.807, 2.05) is 17.0 Å². The number of nitrogens with zero attached hydrogens (tertiary/aromatic N) is 1. The van der Waals surface area contributed by atoms with Crippen LogP contribution in [0.3, 0.4) is 0 Å². The summed E-state index contributed by atoms with van der Waals surface area (Å²) in [5.41, 5.74) is 1.25. The summed E-state index contributed by atoms with van der Waals surface area (Å²) in [4.78, 5) is 25.6. The van der Waals surface area contributed by atoms with Gasteiger partial charge < -0.3 is 19.5 Å². The molecule has 2 aliphatic heterocycles. The molecule has 0 spiro atoms. The van der Waals surface area contributed by atoms with E-state index in [2.05, 4.69) is 0 Å². The van der Waals surface area contributed by atoms with Gasteiger partial charge in [0.15, 0.2) is 6.10 Å². The van der Waals surface area contributed by atoms with Crippen LogP contribution < -0.4 is 0 Å². The van der Waals surface area contributed by atoms with Gasteiger partial charge in [0, 0.05) is 13.1 Å². The van der Waals surface area contributed by atoms with Crippen molar-refractivity contribution in [2.45, 2.75) is 25.4 Å². The lowest BCUT2D eigenvalue weighted by Crippen LogP contribution is -2.48. The monoisotopic (exact) mass is 333 g/mol. The minimum absolute atomic E-state index is 0.0130. The molecule has 24 heavy (non-hydrogen) atoms. The number of carboxylic acid groups (broad SMARTS) is 1. The molecule has 0 aliphatic carbocycles. The van der Waals surface area contributed by atoms with Crippen molar-refractivity contribution in [2.75, 3.05) is 32.9 Å². The first-order valence-electron chi connectivity index (χ1n) is 8.44. The molecule has 1 N–H and O–H groups in total. The summed E-state index contributed by atoms with van der Waals surface area (Å²) in [5.74, 6) is -0.468. The molecule has 2 aliphatic rings. The first-order valence-corrected chi connectivity index (χ1v) is 8.44. The van der Waals surface area contributed by atoms with E-state index < -0.39 is 12.1 Å². The number of aromatic carboxylic acids is 1. The Balaban J connectivity index is 1.54. The summed E-state index contributed by atoms with van der Waals surface area (Å²) >= 11 is 0. The van der Waals surface area contributed by atoms with Crippen LogP contribution in [0.2, 0.25) is 0 Å². The molecule has 1 unspecified atom stereocenters. The Labute approximate surface area is 141 Å². The van der Waals surface area contributed by atoms with E-state index in [0.717, 1.165) is 24.8 Å². The molecule has 6 heteroatoms. The quantitative estimate of drug-likeness (QED) is 0.905. The van der Waals surface area contributed by atoms with Crippen LogP contribution in [0.5, 0.6) is 0 Å². The molecule has 1 aromatic carbocycles. The Morgan fingerprint density at radius 2 is 1.92 bits per heavy atom. The van der Waals surface area contributed by atoms with Crippen molar-refractivity contribution in [1.82, 2.24) is 4.90 Å². The fourth-order valence-corrected chi connectivity index (χ4v) is 3.41. The van der Waals surface area contributed by atoms with Gasteiger partial charge in [0.25, 0.3) is 5.91 Å². The molecule has 0 saturated carbocycles. The van der Waals surface area contributed by atoms with Crippen molar-refractivity contribution in [3.8, 4) is 0 Å². The van der Waals surface area contributed by atoms with Crippen molar-refractivity contribution in [3.05, 3.63) is 35.4 Å². The van der Waals surface area contributed by atoms with Crippen LogP contribution in [0.4, 0.5) is 0 Å². The van der Waals surface area contributed by atoms with E-state index in [-0.39, 0.29) is 5.91 Å². The highest BCUT2D eigenvalue weighted by Gasteiger charge is 2.30. The van der Waals surface area contributed by atoms with Gasteiger partial charge in [-0.1, -0.05) is 18.2 Å². The maximum absolute atomic E-state index is 12.4. The number of carbonyl (C=O) groups excluding carboxylic acids is 1. The van der Waals surface area contributed by atoms with Crippen LogP contribution in [0.25, 0.3) is 0 Å². The Kier molecular flexibility index (Phi) is 5.48. The molecular weight excluding hydrogens is 310 g/mol. The highest BCUT2D eigenvalue weighted by atomic mass is 16.6. The third-order valence-electron chi connectivity index (χ3n) is 4.77. The van der Waals surface area contributed by atoms with E-state index >= 15 is 0 Å². The van der Waals surface area contributed by atoms with Crippen LogP contribution >= 0.6 is 0 Å². The predicted molar refractivity (Wildman–Crippen MR) is 87.0 cm³/mol. The number of piperidine rings is 1. The lowest BCUT2D eigenvalue weighted by Gasteiger charge is -2.35. The molecule has 130 valence electrons. The molecule has 2 saturated heterocycles. The Bertz CT molecular complexity index is 589. The number of carbonyl (C=O) groups is 2. The zero-order valence-corrected chi connectivity index (χ0v) is 13.6. The van der Waals surface area contributed by atoms with Crippen LogP contribution in [0, 0.1) is 5.92 Å². The molecule has 0 bridgehead atoms. The van der Waals surface area contributed by atoms with Crippen LogP contribution in [-0.2, 0) is 20.7 Å². The Hall–Kier alpha value is -1.92. The summed E-state index contributed by atoms with van der Waals surface area (Å²) in [6.07, 6.45) is 2.04. The average Bonchev–Trinajstić information content (AvgIpc) is 2.63. The van der Waals surface area contributed by atoms with Crippen molar-refractivity contribution in [3.63, 3.8) is 0 Å². The van der Waals surface area contributed by atoms with E-state index in [4.69, 9.17) is 9.47 Å². The number of rotatable bonds is 4. The standard InChI is InChI=1S/C18H23NO5/c20-17(16-12-23-9-10-24-16)19-7-5-13(6-8-19)11-14-3-1-2-4-15(14)18(21)22/h1-4,13,16H,5-12H2,(H,21,22). The highest BCUT2D eigenvalue weighted by Crippen LogP contribution is 2.24. The third-order valence-corrected chi connectivity index (χ3v) is 4.77. The molecule has 6 nitrogen and oxygen atoms in total. The molecular formula is C18H23NO5. The molecule has 1 atom stereocenters. The van der Waals surface area contributed by atoms with Gasteiger partial charge in [-0.2, -0.15) is 0 Å². The van der Waals surface area contributed by atoms with Crippen molar-refractivity contribution < 1.29 is 24.2 Å². The van der Waals surface area contributed by atoms with Gasteiger partial charge in [0.2, 0.25) is 0 Å². The average molecular weight is 333 g/mol. The van der Waals surface area contributed by atoms with E-state index in [0.29, 0.717) is 44.4 Å². The second kappa shape index (κ2) is 7.77. The first-order chi connectivity index (χ1) is 11.6. The molecule has 2 heterocycles. The summed E-state index contributed by atoms with van der Waals surface area (Å²) in [7, 11) is 0. The number of ether oxygens (including phenoxy) is 2. The molecule has 1 amide bonds. The molecule has 0 radical (unpaired) electrons. The molecule has 3 rings (SSSR count). The predicted octanol–water partition coefficient (Wildman–Crippen LogP) is 1.58. The van der Waals surface area contributed by atoms with Gasteiger partial charge in [-0.3, -0.25) is 4.79 Å². The third kappa shape index (κ3) is 3.94. The number of likely N-dealkylation sites (tertiary alicyclic amines) is 1. The van der Waals surface area contributed by atoms with E-state index in [9.17, 15) is 14.7 Å². The van der Waals surface area contributed by atoms with Crippen LogP contribution in [0.1, 0.15) is 28.8 Å². The Morgan fingerprint density at radius 1 is 1.17 bits per heavy atom. The van der Waals surface area contributed by atoms with Gasteiger partial charge >= 0.3 is 5.97 Å². The van der Waals surface area contributed by atoms with Crippen molar-refractivity contribution in [2.24, 2.45) is 5.92 Å². The second-order valence-electron chi connectivity index (χ2n) is 6.37. The maximum Gasteiger partial charge on any atom is 0.335 e. The normalized spacial score (nSPS) is 22.3. The van der Waals surface area contributed by atoms with Crippen molar-refractivity contribution >= 4 is 11.9 Å². The zero-order chi connectivity index (χ0) is 16.9. The fourth-order valence-electron chi connectivity index (χ4n) is 3.41. The van der Waals surface area contributed by atoms with Gasteiger partial charge in [0.05, 0.1) is 25.4 Å². The molecule has 1 aromatic rings. The first kappa shape index (κ1) is 16.9. The maximum atomic E-state index is 12.4. The number of amides is 1. The number of carboxylic acids is 1. The number of benzene rings is 1. The summed E-state index contributed by atoms with van der Waals surface area (Å²) in [5, 5.41) is 9.28. The Morgan fingerprint density at radius 3 is 2.58 bits per heavy atom. The number of hydrogen-bond acceptors (Lipinski definition) is 4. The fraction of sp³-hybridized carbons (Fsp3) is 0.556. The van der Waals surface area contributed by atoms with Crippen molar-refractivity contribution in [1.29, 1.82) is 0 Å². The second-order valence-corrected chi connectivity index (χ2v) is 6.37. The molecule has 0 aromatic heterocycles. The van der Waals surface area contributed by atoms with Crippen LogP contribution in [-0.4, -0.2) is 60.9 Å². The zero-order valence-electron chi connectivity index (χ0n) is 13.6. The lowest BCUT2D eigenvalue weighted by atomic mass is 9.88. The van der Waals surface area contributed by atoms with E-state index in [1.165, 1.54) is 0 Å². The van der Waals surface area contributed by atoms with Gasteiger partial charge in [-0.25, -0.2) is 4.79 Å². The smallest absolute Gasteiger partial charge is 0.335 e.